The van der Waals surface area contributed by atoms with Crippen LogP contribution in [-0.4, -0.2) is 27.5 Å². The largest absolute Gasteiger partial charge is 0.345 e. The molecule has 7 nitrogen and oxygen atoms in total. The molecule has 7 heteroatoms. The van der Waals surface area contributed by atoms with E-state index in [0.717, 1.165) is 10.8 Å². The number of nitrogens with one attached hydrogen (secondary N) is 2. The third kappa shape index (κ3) is 2.93. The van der Waals surface area contributed by atoms with Crippen LogP contribution in [0, 0.1) is 5.92 Å². The summed E-state index contributed by atoms with van der Waals surface area (Å²) in [7, 11) is 1.31. The zero-order chi connectivity index (χ0) is 14.8. The Kier molecular flexibility index (Phi) is 4.31. The number of nitrogens with two attached hydrogens (primary N) is 1. The summed E-state index contributed by atoms with van der Waals surface area (Å²) in [6.45, 7) is 5.92. The molecule has 19 heavy (non-hydrogen) atoms. The monoisotopic (exact) mass is 268 g/mol. The summed E-state index contributed by atoms with van der Waals surface area (Å²) < 4.78 is 0.851. The van der Waals surface area contributed by atoms with Crippen LogP contribution in [-0.2, 0) is 7.05 Å². The zero-order valence-corrected chi connectivity index (χ0v) is 11.6. The fraction of sp³-hybridized carbons (Fsp3) is 0.583. The Hall–Kier alpha value is -1.89. The Balaban J connectivity index is 3.13. The molecular weight excluding hydrogens is 248 g/mol. The van der Waals surface area contributed by atoms with Crippen LogP contribution in [0.25, 0.3) is 0 Å². The number of amides is 1. The van der Waals surface area contributed by atoms with E-state index in [1.165, 1.54) is 7.05 Å². The smallest absolute Gasteiger partial charge is 0.328 e. The zero-order valence-electron chi connectivity index (χ0n) is 11.6. The van der Waals surface area contributed by atoms with Gasteiger partial charge in [-0.15, -0.1) is 0 Å². The second-order valence-corrected chi connectivity index (χ2v) is 5.10. The van der Waals surface area contributed by atoms with Crippen LogP contribution in [0.15, 0.2) is 15.8 Å². The topological polar surface area (TPSA) is 110 Å². The number of H-pyrrole nitrogens is 1. The predicted octanol–water partition coefficient (Wildman–Crippen LogP) is -0.823. The Morgan fingerprint density at radius 2 is 2.11 bits per heavy atom. The van der Waals surface area contributed by atoms with Crippen LogP contribution >= 0.6 is 0 Å². The molecule has 1 rings (SSSR count). The van der Waals surface area contributed by atoms with Crippen molar-refractivity contribution in [1.29, 1.82) is 0 Å². The molecule has 4 N–H and O–H groups in total. The molecule has 0 radical (unpaired) electrons. The second-order valence-electron chi connectivity index (χ2n) is 5.10. The molecule has 1 aromatic rings. The van der Waals surface area contributed by atoms with Crippen molar-refractivity contribution in [3.8, 4) is 0 Å². The van der Waals surface area contributed by atoms with Gasteiger partial charge in [0.25, 0.3) is 11.5 Å². The quantitative estimate of drug-likeness (QED) is 0.662. The maximum atomic E-state index is 12.1. The highest BCUT2D eigenvalue weighted by molar-refractivity contribution is 5.94. The van der Waals surface area contributed by atoms with Crippen molar-refractivity contribution in [3.63, 3.8) is 0 Å². The highest BCUT2D eigenvalue weighted by Crippen LogP contribution is 2.15. The summed E-state index contributed by atoms with van der Waals surface area (Å²) >= 11 is 0. The van der Waals surface area contributed by atoms with Gasteiger partial charge in [-0.05, 0) is 12.8 Å². The van der Waals surface area contributed by atoms with Gasteiger partial charge in [-0.1, -0.05) is 13.8 Å². The molecule has 0 aliphatic carbocycles. The van der Waals surface area contributed by atoms with Gasteiger partial charge < -0.3 is 16.0 Å². The average Bonchev–Trinajstić information content (AvgIpc) is 2.35. The minimum Gasteiger partial charge on any atom is -0.345 e. The highest BCUT2D eigenvalue weighted by atomic mass is 16.2. The predicted molar refractivity (Wildman–Crippen MR) is 72.1 cm³/mol. The molecule has 0 aromatic carbocycles. The van der Waals surface area contributed by atoms with E-state index in [2.05, 4.69) is 10.3 Å². The Bertz CT molecular complexity index is 587. The van der Waals surface area contributed by atoms with Crippen LogP contribution in [0.4, 0.5) is 0 Å². The summed E-state index contributed by atoms with van der Waals surface area (Å²) in [5.41, 5.74) is 3.75. The molecule has 0 saturated carbocycles. The van der Waals surface area contributed by atoms with E-state index >= 15 is 0 Å². The SMILES string of the molecule is CC(C)C(C)(CN)NC(=O)c1c[nH]c(=O)n(C)c1=O. The number of aromatic nitrogens is 2. The Labute approximate surface area is 110 Å². The van der Waals surface area contributed by atoms with Gasteiger partial charge >= 0.3 is 5.69 Å². The van der Waals surface area contributed by atoms with E-state index in [0.29, 0.717) is 0 Å². The average molecular weight is 268 g/mol. The van der Waals surface area contributed by atoms with E-state index in [4.69, 9.17) is 5.73 Å². The first-order valence-corrected chi connectivity index (χ1v) is 6.04. The van der Waals surface area contributed by atoms with Crippen molar-refractivity contribution < 1.29 is 4.79 Å². The van der Waals surface area contributed by atoms with Crippen LogP contribution < -0.4 is 22.3 Å². The van der Waals surface area contributed by atoms with Crippen molar-refractivity contribution in [3.05, 3.63) is 32.6 Å². The third-order valence-corrected chi connectivity index (χ3v) is 3.52. The maximum absolute atomic E-state index is 12.1. The molecule has 0 saturated heterocycles. The fourth-order valence-electron chi connectivity index (χ4n) is 1.49. The van der Waals surface area contributed by atoms with Gasteiger partial charge in [0.15, 0.2) is 0 Å². The van der Waals surface area contributed by atoms with Gasteiger partial charge in [0.1, 0.15) is 5.56 Å². The molecule has 1 unspecified atom stereocenters. The van der Waals surface area contributed by atoms with E-state index < -0.39 is 22.7 Å². The molecular formula is C12H20N4O3. The summed E-state index contributed by atoms with van der Waals surface area (Å²) in [5, 5.41) is 2.75. The van der Waals surface area contributed by atoms with E-state index in [1.807, 2.05) is 20.8 Å². The van der Waals surface area contributed by atoms with Crippen molar-refractivity contribution in [2.45, 2.75) is 26.3 Å². The number of nitrogens with zero attached hydrogens (tertiary/aromatic N) is 1. The standard InChI is InChI=1S/C12H20N4O3/c1-7(2)12(3,6-13)15-9(17)8-5-14-11(19)16(4)10(8)18/h5,7H,6,13H2,1-4H3,(H,14,19)(H,15,17). The van der Waals surface area contributed by atoms with Gasteiger partial charge in [-0.3, -0.25) is 14.2 Å². The van der Waals surface area contributed by atoms with Crippen molar-refractivity contribution >= 4 is 5.91 Å². The first-order valence-electron chi connectivity index (χ1n) is 6.04. The maximum Gasteiger partial charge on any atom is 0.328 e. The van der Waals surface area contributed by atoms with Crippen LogP contribution in [0.5, 0.6) is 0 Å². The molecule has 0 fully saturated rings. The number of hydrogen-bond donors (Lipinski definition) is 3. The van der Waals surface area contributed by atoms with Crippen LogP contribution in [0.3, 0.4) is 0 Å². The van der Waals surface area contributed by atoms with Crippen molar-refractivity contribution in [2.75, 3.05) is 6.54 Å². The lowest BCUT2D eigenvalue weighted by Gasteiger charge is -2.33. The van der Waals surface area contributed by atoms with Gasteiger partial charge in [0.05, 0.1) is 5.54 Å². The second kappa shape index (κ2) is 5.40. The molecule has 1 atom stereocenters. The minimum atomic E-state index is -0.635. The summed E-state index contributed by atoms with van der Waals surface area (Å²) in [6, 6.07) is 0. The lowest BCUT2D eigenvalue weighted by atomic mass is 9.88. The van der Waals surface area contributed by atoms with Crippen LogP contribution in [0.1, 0.15) is 31.1 Å². The number of carbonyl (C=O) groups excluding carboxylic acids is 1. The van der Waals surface area contributed by atoms with E-state index in [9.17, 15) is 14.4 Å². The fourth-order valence-corrected chi connectivity index (χ4v) is 1.49. The number of aromatic amines is 1. The summed E-state index contributed by atoms with van der Waals surface area (Å²) in [6.07, 6.45) is 1.12. The normalized spacial score (nSPS) is 14.2. The molecule has 0 aliphatic rings. The third-order valence-electron chi connectivity index (χ3n) is 3.52. The molecule has 106 valence electrons. The van der Waals surface area contributed by atoms with Crippen LogP contribution in [0.2, 0.25) is 0 Å². The summed E-state index contributed by atoms with van der Waals surface area (Å²) in [4.78, 5) is 37.5. The van der Waals surface area contributed by atoms with Gasteiger partial charge in [0.2, 0.25) is 0 Å². The van der Waals surface area contributed by atoms with Gasteiger partial charge in [-0.2, -0.15) is 0 Å². The Morgan fingerprint density at radius 1 is 1.53 bits per heavy atom. The minimum absolute atomic E-state index is 0.105. The highest BCUT2D eigenvalue weighted by Gasteiger charge is 2.29. The Morgan fingerprint density at radius 3 is 2.58 bits per heavy atom. The molecule has 0 bridgehead atoms. The van der Waals surface area contributed by atoms with E-state index in [1.54, 1.807) is 0 Å². The molecule has 0 spiro atoms. The number of hydrogen-bond acceptors (Lipinski definition) is 4. The first-order chi connectivity index (χ1) is 8.73. The van der Waals surface area contributed by atoms with Crippen molar-refractivity contribution in [1.82, 2.24) is 14.9 Å². The van der Waals surface area contributed by atoms with Gasteiger partial charge in [0, 0.05) is 19.8 Å². The summed E-state index contributed by atoms with van der Waals surface area (Å²) in [5.74, 6) is -0.438. The lowest BCUT2D eigenvalue weighted by molar-refractivity contribution is 0.0880. The van der Waals surface area contributed by atoms with Gasteiger partial charge in [-0.25, -0.2) is 4.79 Å². The lowest BCUT2D eigenvalue weighted by Crippen LogP contribution is -2.56. The molecule has 1 amide bonds. The molecule has 0 aliphatic heterocycles. The molecule has 1 aromatic heterocycles. The number of rotatable bonds is 4. The van der Waals surface area contributed by atoms with E-state index in [-0.39, 0.29) is 18.0 Å². The van der Waals surface area contributed by atoms with Crippen molar-refractivity contribution in [2.24, 2.45) is 18.7 Å². The number of carbonyl (C=O) groups is 1. The molecule has 1 heterocycles. The first kappa shape index (κ1) is 15.2.